The first kappa shape index (κ1) is 22.8. The lowest BCUT2D eigenvalue weighted by atomic mass is 9.81. The highest BCUT2D eigenvalue weighted by atomic mass is 16.3. The fourth-order valence-corrected chi connectivity index (χ4v) is 4.91. The number of carbonyl (C=O) groups excluding carboxylic acids is 3. The molecule has 0 atom stereocenters. The summed E-state index contributed by atoms with van der Waals surface area (Å²) in [6.45, 7) is 1.85. The van der Waals surface area contributed by atoms with Gasteiger partial charge in [-0.05, 0) is 47.6 Å². The first-order valence-corrected chi connectivity index (χ1v) is 12.4. The third kappa shape index (κ3) is 4.92. The van der Waals surface area contributed by atoms with Crippen LogP contribution in [0.1, 0.15) is 54.4 Å². The molecule has 34 heavy (non-hydrogen) atoms. The molecule has 178 valence electrons. The van der Waals surface area contributed by atoms with E-state index in [1.54, 1.807) is 9.80 Å². The lowest BCUT2D eigenvalue weighted by Gasteiger charge is -2.35. The monoisotopic (exact) mass is 460 g/mol. The Labute approximate surface area is 200 Å². The molecular formula is C28H32N2O4. The molecule has 3 fully saturated rings. The summed E-state index contributed by atoms with van der Waals surface area (Å²) >= 11 is 0. The van der Waals surface area contributed by atoms with Gasteiger partial charge in [0.05, 0.1) is 0 Å². The van der Waals surface area contributed by atoms with Crippen LogP contribution < -0.4 is 0 Å². The van der Waals surface area contributed by atoms with Crippen molar-refractivity contribution in [2.24, 2.45) is 5.92 Å². The minimum absolute atomic E-state index is 0.0425. The number of piperazine rings is 1. The normalized spacial score (nSPS) is 19.4. The molecule has 1 N–H and O–H groups in total. The van der Waals surface area contributed by atoms with Crippen LogP contribution in [0.5, 0.6) is 0 Å². The Bertz CT molecular complexity index is 1080. The van der Waals surface area contributed by atoms with Crippen molar-refractivity contribution in [2.45, 2.75) is 50.5 Å². The number of nitrogens with zero attached hydrogens (tertiary/aromatic N) is 2. The maximum atomic E-state index is 13.0. The van der Waals surface area contributed by atoms with Crippen LogP contribution in [0.3, 0.4) is 0 Å². The predicted octanol–water partition coefficient (Wildman–Crippen LogP) is 3.46. The Morgan fingerprint density at radius 3 is 2.18 bits per heavy atom. The van der Waals surface area contributed by atoms with Gasteiger partial charge in [-0.3, -0.25) is 14.4 Å². The molecule has 3 aliphatic rings. The third-order valence-electron chi connectivity index (χ3n) is 7.51. The largest absolute Gasteiger partial charge is 0.380 e. The van der Waals surface area contributed by atoms with Gasteiger partial charge in [0.1, 0.15) is 11.4 Å². The van der Waals surface area contributed by atoms with E-state index in [-0.39, 0.29) is 11.8 Å². The molecule has 0 radical (unpaired) electrons. The van der Waals surface area contributed by atoms with Gasteiger partial charge in [-0.15, -0.1) is 0 Å². The van der Waals surface area contributed by atoms with Gasteiger partial charge in [0.15, 0.2) is 0 Å². The second-order valence-electron chi connectivity index (χ2n) is 10.1. The van der Waals surface area contributed by atoms with Gasteiger partial charge in [-0.25, -0.2) is 0 Å². The van der Waals surface area contributed by atoms with E-state index in [0.29, 0.717) is 69.1 Å². The zero-order valence-electron chi connectivity index (χ0n) is 19.5. The van der Waals surface area contributed by atoms with Crippen LogP contribution in [0.4, 0.5) is 0 Å². The molecule has 1 heterocycles. The number of amides is 2. The van der Waals surface area contributed by atoms with E-state index < -0.39 is 5.60 Å². The van der Waals surface area contributed by atoms with Crippen molar-refractivity contribution < 1.29 is 19.5 Å². The lowest BCUT2D eigenvalue weighted by Crippen LogP contribution is -2.53. The van der Waals surface area contributed by atoms with E-state index in [2.05, 4.69) is 6.07 Å². The standard InChI is InChI=1S/C28H32N2O4/c31-25(18-20-3-1-4-20)19-21-5-2-6-24(17-21)22-7-9-23(10-8-22)26(32)29-13-15-30(16-14-29)27(33)28(34)11-12-28/h2,5-10,17,20,34H,1,3-4,11-16,18-19H2. The molecule has 6 heteroatoms. The smallest absolute Gasteiger partial charge is 0.254 e. The average Bonchev–Trinajstić information content (AvgIpc) is 3.59. The van der Waals surface area contributed by atoms with E-state index in [4.69, 9.17) is 0 Å². The van der Waals surface area contributed by atoms with Gasteiger partial charge in [0, 0.05) is 44.6 Å². The van der Waals surface area contributed by atoms with E-state index in [1.807, 2.05) is 42.5 Å². The maximum Gasteiger partial charge on any atom is 0.254 e. The van der Waals surface area contributed by atoms with Gasteiger partial charge in [-0.1, -0.05) is 55.7 Å². The number of rotatable bonds is 7. The van der Waals surface area contributed by atoms with Crippen molar-refractivity contribution in [2.75, 3.05) is 26.2 Å². The Kier molecular flexibility index (Phi) is 6.26. The number of hydrogen-bond donors (Lipinski definition) is 1. The summed E-state index contributed by atoms with van der Waals surface area (Å²) in [6, 6.07) is 15.7. The van der Waals surface area contributed by atoms with E-state index in [0.717, 1.165) is 16.7 Å². The van der Waals surface area contributed by atoms with Gasteiger partial charge < -0.3 is 14.9 Å². The molecule has 2 aliphatic carbocycles. The SMILES string of the molecule is O=C(Cc1cccc(-c2ccc(C(=O)N3CCN(C(=O)C4(O)CC4)CC3)cc2)c1)CC1CCC1. The highest BCUT2D eigenvalue weighted by Gasteiger charge is 2.50. The van der Waals surface area contributed by atoms with Crippen LogP contribution in [0.15, 0.2) is 48.5 Å². The molecule has 2 aromatic rings. The summed E-state index contributed by atoms with van der Waals surface area (Å²) < 4.78 is 0. The number of ketones is 1. The summed E-state index contributed by atoms with van der Waals surface area (Å²) in [6.07, 6.45) is 5.89. The summed E-state index contributed by atoms with van der Waals surface area (Å²) in [4.78, 5) is 41.1. The van der Waals surface area contributed by atoms with Crippen molar-refractivity contribution in [1.29, 1.82) is 0 Å². The molecule has 0 aromatic heterocycles. The van der Waals surface area contributed by atoms with Crippen LogP contribution in [0.25, 0.3) is 11.1 Å². The highest BCUT2D eigenvalue weighted by Crippen LogP contribution is 2.37. The van der Waals surface area contributed by atoms with Gasteiger partial charge in [0.25, 0.3) is 11.8 Å². The minimum Gasteiger partial charge on any atom is -0.380 e. The lowest BCUT2D eigenvalue weighted by molar-refractivity contribution is -0.143. The molecule has 6 nitrogen and oxygen atoms in total. The average molecular weight is 461 g/mol. The zero-order valence-corrected chi connectivity index (χ0v) is 19.5. The Hall–Kier alpha value is -2.99. The Balaban J connectivity index is 1.18. The molecule has 0 spiro atoms. The second-order valence-corrected chi connectivity index (χ2v) is 10.1. The van der Waals surface area contributed by atoms with E-state index in [1.165, 1.54) is 19.3 Å². The summed E-state index contributed by atoms with van der Waals surface area (Å²) in [5.41, 5.74) is 2.56. The quantitative estimate of drug-likeness (QED) is 0.686. The molecule has 2 amide bonds. The molecule has 2 aromatic carbocycles. The Morgan fingerprint density at radius 1 is 0.882 bits per heavy atom. The summed E-state index contributed by atoms with van der Waals surface area (Å²) in [5.74, 6) is 0.666. The van der Waals surface area contributed by atoms with Crippen molar-refractivity contribution in [3.05, 3.63) is 59.7 Å². The number of carbonyl (C=O) groups is 3. The molecule has 0 unspecified atom stereocenters. The first-order chi connectivity index (χ1) is 16.4. The molecule has 2 saturated carbocycles. The van der Waals surface area contributed by atoms with Crippen molar-refractivity contribution in [3.63, 3.8) is 0 Å². The van der Waals surface area contributed by atoms with Crippen LogP contribution >= 0.6 is 0 Å². The van der Waals surface area contributed by atoms with Crippen molar-refractivity contribution in [3.8, 4) is 11.1 Å². The van der Waals surface area contributed by atoms with Crippen LogP contribution in [-0.4, -0.2) is 64.3 Å². The first-order valence-electron chi connectivity index (χ1n) is 12.4. The van der Waals surface area contributed by atoms with E-state index >= 15 is 0 Å². The number of aliphatic hydroxyl groups is 1. The number of Topliss-reactive ketones (excluding diaryl/α,β-unsaturated/α-hetero) is 1. The molecule has 0 bridgehead atoms. The minimum atomic E-state index is -1.15. The molecule has 5 rings (SSSR count). The summed E-state index contributed by atoms with van der Waals surface area (Å²) in [7, 11) is 0. The summed E-state index contributed by atoms with van der Waals surface area (Å²) in [5, 5.41) is 10.0. The number of hydrogen-bond acceptors (Lipinski definition) is 4. The van der Waals surface area contributed by atoms with Gasteiger partial charge in [0.2, 0.25) is 0 Å². The molecule has 1 saturated heterocycles. The highest BCUT2D eigenvalue weighted by molar-refractivity contribution is 5.95. The number of benzene rings is 2. The topological polar surface area (TPSA) is 77.9 Å². The molecular weight excluding hydrogens is 428 g/mol. The fourth-order valence-electron chi connectivity index (χ4n) is 4.91. The Morgan fingerprint density at radius 2 is 1.56 bits per heavy atom. The van der Waals surface area contributed by atoms with Crippen LogP contribution in [0.2, 0.25) is 0 Å². The van der Waals surface area contributed by atoms with Crippen LogP contribution in [0, 0.1) is 5.92 Å². The zero-order chi connectivity index (χ0) is 23.7. The van der Waals surface area contributed by atoms with Crippen LogP contribution in [-0.2, 0) is 16.0 Å². The van der Waals surface area contributed by atoms with Crippen molar-refractivity contribution >= 4 is 17.6 Å². The predicted molar refractivity (Wildman–Crippen MR) is 129 cm³/mol. The van der Waals surface area contributed by atoms with Gasteiger partial charge in [-0.2, -0.15) is 0 Å². The molecule has 1 aliphatic heterocycles. The fraction of sp³-hybridized carbons (Fsp3) is 0.464. The third-order valence-corrected chi connectivity index (χ3v) is 7.51. The van der Waals surface area contributed by atoms with E-state index in [9.17, 15) is 19.5 Å². The second kappa shape index (κ2) is 9.34. The maximum absolute atomic E-state index is 13.0. The van der Waals surface area contributed by atoms with Gasteiger partial charge >= 0.3 is 0 Å². The van der Waals surface area contributed by atoms with Crippen molar-refractivity contribution in [1.82, 2.24) is 9.80 Å².